The minimum Gasteiger partial charge on any atom is -0.312 e. The molecule has 1 aliphatic rings. The predicted octanol–water partition coefficient (Wildman–Crippen LogP) is 3.29. The molecule has 0 N–H and O–H groups in total. The molecule has 21 heavy (non-hydrogen) atoms. The molecule has 0 unspecified atom stereocenters. The lowest BCUT2D eigenvalue weighted by Gasteiger charge is -2.16. The molecule has 1 saturated heterocycles. The molecule has 0 aliphatic carbocycles. The van der Waals surface area contributed by atoms with E-state index in [0.717, 1.165) is 30.0 Å². The number of hydrogen-bond acceptors (Lipinski definition) is 2. The number of aryl methyl sites for hydroxylation is 2. The van der Waals surface area contributed by atoms with Crippen molar-refractivity contribution in [3.05, 3.63) is 59.4 Å². The fraction of sp³-hybridized carbons (Fsp3) is 0.333. The van der Waals surface area contributed by atoms with Gasteiger partial charge in [-0.15, -0.1) is 0 Å². The fourth-order valence-electron chi connectivity index (χ4n) is 2.87. The molecule has 1 aromatic carbocycles. The standard InChI is InChI=1S/C18H20N2O/c1-13-8-9-16(19-14(13)2)10-15-11-18(21)20(12-15)17-6-4-3-5-7-17/h3-9,15H,10-12H2,1-2H3/t15-/m1/s1. The van der Waals surface area contributed by atoms with E-state index in [-0.39, 0.29) is 5.91 Å². The van der Waals surface area contributed by atoms with Crippen LogP contribution >= 0.6 is 0 Å². The molecule has 1 aromatic heterocycles. The smallest absolute Gasteiger partial charge is 0.227 e. The molecule has 2 heterocycles. The average molecular weight is 280 g/mol. The van der Waals surface area contributed by atoms with Crippen LogP contribution in [0.3, 0.4) is 0 Å². The van der Waals surface area contributed by atoms with Gasteiger partial charge in [-0.25, -0.2) is 0 Å². The third-order valence-corrected chi connectivity index (χ3v) is 4.18. The summed E-state index contributed by atoms with van der Waals surface area (Å²) in [5, 5.41) is 0. The highest BCUT2D eigenvalue weighted by Gasteiger charge is 2.30. The maximum absolute atomic E-state index is 12.2. The lowest BCUT2D eigenvalue weighted by molar-refractivity contribution is -0.117. The third kappa shape index (κ3) is 2.97. The van der Waals surface area contributed by atoms with Gasteiger partial charge in [0.25, 0.3) is 0 Å². The summed E-state index contributed by atoms with van der Waals surface area (Å²) in [5.74, 6) is 0.572. The highest BCUT2D eigenvalue weighted by Crippen LogP contribution is 2.26. The first kappa shape index (κ1) is 13.8. The summed E-state index contributed by atoms with van der Waals surface area (Å²) >= 11 is 0. The van der Waals surface area contributed by atoms with Gasteiger partial charge < -0.3 is 4.90 Å². The molecule has 0 spiro atoms. The monoisotopic (exact) mass is 280 g/mol. The van der Waals surface area contributed by atoms with Crippen molar-refractivity contribution in [1.29, 1.82) is 0 Å². The van der Waals surface area contributed by atoms with Crippen LogP contribution in [-0.4, -0.2) is 17.4 Å². The van der Waals surface area contributed by atoms with Gasteiger partial charge in [0.05, 0.1) is 0 Å². The molecule has 1 atom stereocenters. The van der Waals surface area contributed by atoms with Gasteiger partial charge in [0, 0.05) is 30.0 Å². The Morgan fingerprint density at radius 2 is 1.90 bits per heavy atom. The van der Waals surface area contributed by atoms with E-state index in [9.17, 15) is 4.79 Å². The van der Waals surface area contributed by atoms with Gasteiger partial charge in [0.15, 0.2) is 0 Å². The number of anilines is 1. The Balaban J connectivity index is 1.71. The molecule has 1 fully saturated rings. The van der Waals surface area contributed by atoms with Crippen LogP contribution in [0, 0.1) is 19.8 Å². The second-order valence-electron chi connectivity index (χ2n) is 5.82. The lowest BCUT2D eigenvalue weighted by atomic mass is 10.0. The van der Waals surface area contributed by atoms with Crippen LogP contribution in [0.15, 0.2) is 42.5 Å². The maximum Gasteiger partial charge on any atom is 0.227 e. The zero-order valence-electron chi connectivity index (χ0n) is 12.5. The van der Waals surface area contributed by atoms with Crippen LogP contribution in [0.4, 0.5) is 5.69 Å². The molecule has 2 aromatic rings. The van der Waals surface area contributed by atoms with E-state index in [0.29, 0.717) is 12.3 Å². The fourth-order valence-corrected chi connectivity index (χ4v) is 2.87. The summed E-state index contributed by atoms with van der Waals surface area (Å²) in [4.78, 5) is 18.7. The van der Waals surface area contributed by atoms with Crippen LogP contribution in [0.25, 0.3) is 0 Å². The van der Waals surface area contributed by atoms with Crippen LogP contribution in [-0.2, 0) is 11.2 Å². The molecule has 3 rings (SSSR count). The summed E-state index contributed by atoms with van der Waals surface area (Å²) in [6, 6.07) is 14.1. The topological polar surface area (TPSA) is 33.2 Å². The molecule has 3 heteroatoms. The average Bonchev–Trinajstić information content (AvgIpc) is 2.84. The third-order valence-electron chi connectivity index (χ3n) is 4.18. The normalized spacial score (nSPS) is 18.3. The Labute approximate surface area is 125 Å². The summed E-state index contributed by atoms with van der Waals surface area (Å²) in [5.41, 5.74) is 4.38. The van der Waals surface area contributed by atoms with Crippen molar-refractivity contribution in [1.82, 2.24) is 4.98 Å². The molecular weight excluding hydrogens is 260 g/mol. The van der Waals surface area contributed by atoms with Gasteiger partial charge in [0.1, 0.15) is 0 Å². The van der Waals surface area contributed by atoms with Crippen molar-refractivity contribution in [3.8, 4) is 0 Å². The minimum atomic E-state index is 0.218. The summed E-state index contributed by atoms with van der Waals surface area (Å²) in [6.45, 7) is 4.90. The summed E-state index contributed by atoms with van der Waals surface area (Å²) < 4.78 is 0. The Kier molecular flexibility index (Phi) is 3.74. The largest absolute Gasteiger partial charge is 0.312 e. The molecule has 0 radical (unpaired) electrons. The van der Waals surface area contributed by atoms with Crippen molar-refractivity contribution in [2.45, 2.75) is 26.7 Å². The van der Waals surface area contributed by atoms with Gasteiger partial charge in [-0.3, -0.25) is 9.78 Å². The predicted molar refractivity (Wildman–Crippen MR) is 84.3 cm³/mol. The van der Waals surface area contributed by atoms with E-state index in [1.807, 2.05) is 42.2 Å². The molecule has 108 valence electrons. The Morgan fingerprint density at radius 1 is 1.14 bits per heavy atom. The Hall–Kier alpha value is -2.16. The van der Waals surface area contributed by atoms with Crippen LogP contribution < -0.4 is 4.90 Å². The summed E-state index contributed by atoms with van der Waals surface area (Å²) in [6.07, 6.45) is 1.49. The number of para-hydroxylation sites is 1. The van der Waals surface area contributed by atoms with E-state index < -0.39 is 0 Å². The highest BCUT2D eigenvalue weighted by atomic mass is 16.2. The quantitative estimate of drug-likeness (QED) is 0.864. The number of aromatic nitrogens is 1. The summed E-state index contributed by atoms with van der Waals surface area (Å²) in [7, 11) is 0. The van der Waals surface area contributed by atoms with Crippen molar-refractivity contribution in [3.63, 3.8) is 0 Å². The molecule has 1 aliphatic heterocycles. The number of amides is 1. The van der Waals surface area contributed by atoms with Crippen LogP contribution in [0.2, 0.25) is 0 Å². The second kappa shape index (κ2) is 5.68. The number of benzene rings is 1. The highest BCUT2D eigenvalue weighted by molar-refractivity contribution is 5.95. The van der Waals surface area contributed by atoms with Crippen molar-refractivity contribution < 1.29 is 4.79 Å². The zero-order valence-corrected chi connectivity index (χ0v) is 12.5. The van der Waals surface area contributed by atoms with Crippen LogP contribution in [0.1, 0.15) is 23.4 Å². The zero-order chi connectivity index (χ0) is 14.8. The van der Waals surface area contributed by atoms with Crippen molar-refractivity contribution in [2.24, 2.45) is 5.92 Å². The first-order valence-corrected chi connectivity index (χ1v) is 7.42. The van der Waals surface area contributed by atoms with E-state index in [1.165, 1.54) is 5.56 Å². The number of pyridine rings is 1. The first-order valence-electron chi connectivity index (χ1n) is 7.42. The van der Waals surface area contributed by atoms with E-state index >= 15 is 0 Å². The molecule has 0 bridgehead atoms. The van der Waals surface area contributed by atoms with Crippen LogP contribution in [0.5, 0.6) is 0 Å². The molecule has 0 saturated carbocycles. The van der Waals surface area contributed by atoms with E-state index in [2.05, 4.69) is 24.0 Å². The lowest BCUT2D eigenvalue weighted by Crippen LogP contribution is -2.24. The Morgan fingerprint density at radius 3 is 2.62 bits per heavy atom. The first-order chi connectivity index (χ1) is 10.1. The second-order valence-corrected chi connectivity index (χ2v) is 5.82. The number of nitrogens with zero attached hydrogens (tertiary/aromatic N) is 2. The van der Waals surface area contributed by atoms with Gasteiger partial charge in [-0.1, -0.05) is 24.3 Å². The molecule has 1 amide bonds. The SMILES string of the molecule is Cc1ccc(C[C@@H]2CC(=O)N(c3ccccc3)C2)nc1C. The molecular formula is C18H20N2O. The van der Waals surface area contributed by atoms with Gasteiger partial charge >= 0.3 is 0 Å². The maximum atomic E-state index is 12.2. The number of carbonyl (C=O) groups excluding carboxylic acids is 1. The number of carbonyl (C=O) groups is 1. The molecule has 3 nitrogen and oxygen atoms in total. The van der Waals surface area contributed by atoms with Crippen molar-refractivity contribution >= 4 is 11.6 Å². The van der Waals surface area contributed by atoms with Gasteiger partial charge in [-0.2, -0.15) is 0 Å². The van der Waals surface area contributed by atoms with Gasteiger partial charge in [0.2, 0.25) is 5.91 Å². The number of hydrogen-bond donors (Lipinski definition) is 0. The minimum absolute atomic E-state index is 0.218. The number of rotatable bonds is 3. The van der Waals surface area contributed by atoms with Crippen molar-refractivity contribution in [2.75, 3.05) is 11.4 Å². The van der Waals surface area contributed by atoms with E-state index in [1.54, 1.807) is 0 Å². The van der Waals surface area contributed by atoms with E-state index in [4.69, 9.17) is 0 Å². The van der Waals surface area contributed by atoms with Gasteiger partial charge in [-0.05, 0) is 49.9 Å². The Bertz CT molecular complexity index is 652.